The summed E-state index contributed by atoms with van der Waals surface area (Å²) >= 11 is 0. The number of aliphatic imine (C=N–C) groups is 1. The molecule has 0 radical (unpaired) electrons. The first-order valence-electron chi connectivity index (χ1n) is 9.47. The first-order valence-corrected chi connectivity index (χ1v) is 9.47. The summed E-state index contributed by atoms with van der Waals surface area (Å²) in [6.45, 7) is 6.55. The number of nitrogens with zero attached hydrogens (tertiary/aromatic N) is 2. The average molecular weight is 498 g/mol. The SMILES string of the molecule is CCNC(=NCC(O)c1ccncc1)NCCCOC(C)c1ccccc1.I. The molecule has 2 aromatic rings. The predicted molar refractivity (Wildman–Crippen MR) is 124 cm³/mol. The Hall–Kier alpha value is -1.71. The lowest BCUT2D eigenvalue weighted by Crippen LogP contribution is -2.38. The molecule has 1 aromatic heterocycles. The number of nitrogens with one attached hydrogen (secondary N) is 2. The minimum Gasteiger partial charge on any atom is -0.386 e. The zero-order chi connectivity index (χ0) is 19.3. The molecule has 0 saturated heterocycles. The normalized spacial score (nSPS) is 13.3. The molecule has 1 aromatic carbocycles. The highest BCUT2D eigenvalue weighted by atomic mass is 127. The number of benzene rings is 1. The van der Waals surface area contributed by atoms with Crippen LogP contribution in [0.25, 0.3) is 0 Å². The molecule has 2 unspecified atom stereocenters. The van der Waals surface area contributed by atoms with Crippen LogP contribution in [-0.2, 0) is 4.74 Å². The zero-order valence-corrected chi connectivity index (χ0v) is 18.9. The lowest BCUT2D eigenvalue weighted by molar-refractivity contribution is 0.0646. The van der Waals surface area contributed by atoms with Gasteiger partial charge in [0.05, 0.1) is 18.8 Å². The Labute approximate surface area is 184 Å². The van der Waals surface area contributed by atoms with Gasteiger partial charge >= 0.3 is 0 Å². The van der Waals surface area contributed by atoms with Crippen molar-refractivity contribution >= 4 is 29.9 Å². The quantitative estimate of drug-likeness (QED) is 0.203. The maximum absolute atomic E-state index is 10.2. The predicted octanol–water partition coefficient (Wildman–Crippen LogP) is 3.46. The van der Waals surface area contributed by atoms with Gasteiger partial charge in [-0.25, -0.2) is 0 Å². The highest BCUT2D eigenvalue weighted by molar-refractivity contribution is 14.0. The molecular formula is C21H31IN4O2. The molecule has 154 valence electrons. The third-order valence-electron chi connectivity index (χ3n) is 4.11. The Kier molecular flexibility index (Phi) is 12.4. The molecule has 0 aliphatic rings. The van der Waals surface area contributed by atoms with E-state index < -0.39 is 6.10 Å². The lowest BCUT2D eigenvalue weighted by Gasteiger charge is -2.15. The number of aromatic nitrogens is 1. The number of aliphatic hydroxyl groups excluding tert-OH is 1. The number of halogens is 1. The standard InChI is InChI=1S/C21H30N4O2.HI/c1-3-23-21(25-16-20(26)19-10-13-22-14-11-19)24-12-7-15-27-17(2)18-8-5-4-6-9-18;/h4-6,8-11,13-14,17,20,26H,3,7,12,15-16H2,1-2H3,(H2,23,24,25);1H. The first kappa shape index (κ1) is 24.3. The molecule has 0 amide bonds. The fraction of sp³-hybridized carbons (Fsp3) is 0.429. The van der Waals surface area contributed by atoms with Crippen molar-refractivity contribution in [2.24, 2.45) is 4.99 Å². The Morgan fingerprint density at radius 1 is 1.11 bits per heavy atom. The molecule has 0 fully saturated rings. The highest BCUT2D eigenvalue weighted by Gasteiger charge is 2.07. The summed E-state index contributed by atoms with van der Waals surface area (Å²) in [6.07, 6.45) is 3.65. The number of aliphatic hydroxyl groups is 1. The fourth-order valence-corrected chi connectivity index (χ4v) is 2.57. The van der Waals surface area contributed by atoms with E-state index in [1.54, 1.807) is 24.5 Å². The summed E-state index contributed by atoms with van der Waals surface area (Å²) in [4.78, 5) is 8.41. The van der Waals surface area contributed by atoms with Gasteiger partial charge in [-0.1, -0.05) is 30.3 Å². The van der Waals surface area contributed by atoms with Crippen molar-refractivity contribution in [3.05, 3.63) is 66.0 Å². The van der Waals surface area contributed by atoms with E-state index in [9.17, 15) is 5.11 Å². The summed E-state index contributed by atoms with van der Waals surface area (Å²) in [5, 5.41) is 16.7. The number of guanidine groups is 1. The van der Waals surface area contributed by atoms with E-state index in [0.29, 0.717) is 19.1 Å². The molecule has 0 bridgehead atoms. The molecule has 28 heavy (non-hydrogen) atoms. The van der Waals surface area contributed by atoms with Gasteiger partial charge in [-0.05, 0) is 43.5 Å². The van der Waals surface area contributed by atoms with Crippen LogP contribution in [0.3, 0.4) is 0 Å². The topological polar surface area (TPSA) is 78.8 Å². The van der Waals surface area contributed by atoms with Crippen molar-refractivity contribution in [2.45, 2.75) is 32.5 Å². The Bertz CT molecular complexity index is 671. The molecule has 2 atom stereocenters. The van der Waals surface area contributed by atoms with Crippen LogP contribution in [-0.4, -0.2) is 42.3 Å². The monoisotopic (exact) mass is 498 g/mol. The maximum Gasteiger partial charge on any atom is 0.191 e. The molecule has 7 heteroatoms. The fourth-order valence-electron chi connectivity index (χ4n) is 2.57. The molecular weight excluding hydrogens is 467 g/mol. The second-order valence-corrected chi connectivity index (χ2v) is 6.22. The molecule has 6 nitrogen and oxygen atoms in total. The Balaban J connectivity index is 0.00000392. The zero-order valence-electron chi connectivity index (χ0n) is 16.5. The van der Waals surface area contributed by atoms with Gasteiger partial charge in [-0.2, -0.15) is 0 Å². The van der Waals surface area contributed by atoms with Crippen molar-refractivity contribution < 1.29 is 9.84 Å². The van der Waals surface area contributed by atoms with E-state index in [2.05, 4.69) is 39.7 Å². The van der Waals surface area contributed by atoms with Gasteiger partial charge in [-0.15, -0.1) is 24.0 Å². The smallest absolute Gasteiger partial charge is 0.191 e. The minimum atomic E-state index is -0.640. The van der Waals surface area contributed by atoms with E-state index in [1.807, 2.05) is 25.1 Å². The van der Waals surface area contributed by atoms with Crippen LogP contribution in [0.2, 0.25) is 0 Å². The van der Waals surface area contributed by atoms with Gasteiger partial charge in [0.1, 0.15) is 0 Å². The highest BCUT2D eigenvalue weighted by Crippen LogP contribution is 2.15. The molecule has 2 rings (SSSR count). The third-order valence-corrected chi connectivity index (χ3v) is 4.11. The van der Waals surface area contributed by atoms with Crippen molar-refractivity contribution in [3.63, 3.8) is 0 Å². The van der Waals surface area contributed by atoms with Gasteiger partial charge in [0.2, 0.25) is 0 Å². The van der Waals surface area contributed by atoms with Crippen molar-refractivity contribution in [1.29, 1.82) is 0 Å². The summed E-state index contributed by atoms with van der Waals surface area (Å²) < 4.78 is 5.88. The van der Waals surface area contributed by atoms with Crippen LogP contribution in [0, 0.1) is 0 Å². The second-order valence-electron chi connectivity index (χ2n) is 6.22. The van der Waals surface area contributed by atoms with Gasteiger partial charge in [-0.3, -0.25) is 9.98 Å². The van der Waals surface area contributed by atoms with Crippen molar-refractivity contribution in [3.8, 4) is 0 Å². The summed E-state index contributed by atoms with van der Waals surface area (Å²) in [5.41, 5.74) is 2.00. The molecule has 1 heterocycles. The van der Waals surface area contributed by atoms with Crippen LogP contribution in [0.15, 0.2) is 59.9 Å². The van der Waals surface area contributed by atoms with Crippen molar-refractivity contribution in [1.82, 2.24) is 15.6 Å². The van der Waals surface area contributed by atoms with Gasteiger partial charge in [0.25, 0.3) is 0 Å². The van der Waals surface area contributed by atoms with Crippen molar-refractivity contribution in [2.75, 3.05) is 26.2 Å². The number of rotatable bonds is 10. The van der Waals surface area contributed by atoms with Crippen LogP contribution < -0.4 is 10.6 Å². The van der Waals surface area contributed by atoms with Crippen LogP contribution in [0.4, 0.5) is 0 Å². The van der Waals surface area contributed by atoms with Gasteiger partial charge in [0, 0.05) is 32.1 Å². The van der Waals surface area contributed by atoms with E-state index in [1.165, 1.54) is 5.56 Å². The summed E-state index contributed by atoms with van der Waals surface area (Å²) in [7, 11) is 0. The van der Waals surface area contributed by atoms with Crippen LogP contribution in [0.1, 0.15) is 43.6 Å². The average Bonchev–Trinajstić information content (AvgIpc) is 2.72. The lowest BCUT2D eigenvalue weighted by atomic mass is 10.1. The van der Waals surface area contributed by atoms with E-state index in [4.69, 9.17) is 4.74 Å². The van der Waals surface area contributed by atoms with E-state index >= 15 is 0 Å². The molecule has 3 N–H and O–H groups in total. The van der Waals surface area contributed by atoms with Gasteiger partial charge in [0.15, 0.2) is 5.96 Å². The summed E-state index contributed by atoms with van der Waals surface area (Å²) in [6, 6.07) is 13.8. The molecule has 0 aliphatic carbocycles. The second kappa shape index (κ2) is 14.3. The van der Waals surface area contributed by atoms with Crippen LogP contribution >= 0.6 is 24.0 Å². The summed E-state index contributed by atoms with van der Waals surface area (Å²) in [5.74, 6) is 0.696. The third kappa shape index (κ3) is 8.99. The number of ether oxygens (including phenoxy) is 1. The number of pyridine rings is 1. The minimum absolute atomic E-state index is 0. The largest absolute Gasteiger partial charge is 0.386 e. The van der Waals surface area contributed by atoms with E-state index in [-0.39, 0.29) is 30.1 Å². The van der Waals surface area contributed by atoms with Crippen LogP contribution in [0.5, 0.6) is 0 Å². The number of hydrogen-bond acceptors (Lipinski definition) is 4. The molecule has 0 spiro atoms. The molecule has 0 saturated carbocycles. The molecule has 0 aliphatic heterocycles. The van der Waals surface area contributed by atoms with E-state index in [0.717, 1.165) is 25.1 Å². The number of hydrogen-bond donors (Lipinski definition) is 3. The maximum atomic E-state index is 10.2. The first-order chi connectivity index (χ1) is 13.2. The van der Waals surface area contributed by atoms with Gasteiger partial charge < -0.3 is 20.5 Å². The Morgan fingerprint density at radius 2 is 1.82 bits per heavy atom. The Morgan fingerprint density at radius 3 is 2.50 bits per heavy atom.